The smallest absolute Gasteiger partial charge is 0.316 e. The molecule has 0 aliphatic heterocycles. The van der Waals surface area contributed by atoms with Gasteiger partial charge in [-0.3, -0.25) is 0 Å². The fraction of sp³-hybridized carbons (Fsp3) is 0.533. The number of rotatable bonds is 4. The molecule has 0 fully saturated rings. The second-order valence-corrected chi connectivity index (χ2v) is 5.22. The van der Waals surface area contributed by atoms with Crippen molar-refractivity contribution in [1.29, 1.82) is 0 Å². The zero-order chi connectivity index (χ0) is 14.7. The van der Waals surface area contributed by atoms with Gasteiger partial charge < -0.3 is 19.7 Å². The normalized spacial score (nSPS) is 16.5. The van der Waals surface area contributed by atoms with E-state index in [-0.39, 0.29) is 6.03 Å². The molecular formula is C15H22N2O3. The van der Waals surface area contributed by atoms with E-state index in [0.29, 0.717) is 12.5 Å². The van der Waals surface area contributed by atoms with Crippen LogP contribution in [0.3, 0.4) is 0 Å². The Balaban J connectivity index is 2.13. The zero-order valence-electron chi connectivity index (χ0n) is 12.5. The van der Waals surface area contributed by atoms with Gasteiger partial charge in [-0.2, -0.15) is 0 Å². The average molecular weight is 278 g/mol. The van der Waals surface area contributed by atoms with E-state index in [2.05, 4.69) is 5.32 Å². The minimum absolute atomic E-state index is 0.0565. The number of fused-ring (bicyclic) bond motifs is 1. The van der Waals surface area contributed by atoms with Crippen molar-refractivity contribution in [2.75, 3.05) is 34.9 Å². The van der Waals surface area contributed by atoms with Gasteiger partial charge in [0.25, 0.3) is 0 Å². The number of nitrogens with zero attached hydrogens (tertiary/aromatic N) is 1. The quantitative estimate of drug-likeness (QED) is 0.916. The van der Waals surface area contributed by atoms with Gasteiger partial charge in [-0.25, -0.2) is 4.79 Å². The van der Waals surface area contributed by atoms with Gasteiger partial charge in [-0.05, 0) is 36.1 Å². The van der Waals surface area contributed by atoms with Crippen LogP contribution in [0.4, 0.5) is 4.79 Å². The summed E-state index contributed by atoms with van der Waals surface area (Å²) in [6.07, 6.45) is 2.05. The summed E-state index contributed by atoms with van der Waals surface area (Å²) in [5.41, 5.74) is 2.54. The first kappa shape index (κ1) is 14.5. The molecular weight excluding hydrogens is 256 g/mol. The SMILES string of the molecule is COc1cc2c(cc1OC)C(CNC(=O)N(C)C)CC2. The van der Waals surface area contributed by atoms with Crippen LogP contribution in [0, 0.1) is 0 Å². The highest BCUT2D eigenvalue weighted by Gasteiger charge is 2.25. The molecule has 1 aliphatic carbocycles. The molecule has 2 rings (SSSR count). The van der Waals surface area contributed by atoms with Gasteiger partial charge in [0.2, 0.25) is 0 Å². The second kappa shape index (κ2) is 6.03. The standard InChI is InChI=1S/C15H22N2O3/c1-17(2)15(18)16-9-11-6-5-10-7-13(19-3)14(20-4)8-12(10)11/h7-8,11H,5-6,9H2,1-4H3,(H,16,18). The summed E-state index contributed by atoms with van der Waals surface area (Å²) >= 11 is 0. The minimum atomic E-state index is -0.0565. The van der Waals surface area contributed by atoms with Crippen molar-refractivity contribution in [3.05, 3.63) is 23.3 Å². The van der Waals surface area contributed by atoms with Gasteiger partial charge in [0.15, 0.2) is 11.5 Å². The van der Waals surface area contributed by atoms with E-state index in [0.717, 1.165) is 24.3 Å². The van der Waals surface area contributed by atoms with Crippen molar-refractivity contribution in [1.82, 2.24) is 10.2 Å². The number of aryl methyl sites for hydroxylation is 1. The van der Waals surface area contributed by atoms with Gasteiger partial charge in [0.1, 0.15) is 0 Å². The van der Waals surface area contributed by atoms with Crippen molar-refractivity contribution in [2.45, 2.75) is 18.8 Å². The van der Waals surface area contributed by atoms with Gasteiger partial charge in [0, 0.05) is 26.6 Å². The molecule has 5 nitrogen and oxygen atoms in total. The summed E-state index contributed by atoms with van der Waals surface area (Å²) in [6.45, 7) is 0.652. The van der Waals surface area contributed by atoms with E-state index in [1.807, 2.05) is 12.1 Å². The highest BCUT2D eigenvalue weighted by molar-refractivity contribution is 5.73. The number of amides is 2. The van der Waals surface area contributed by atoms with Crippen LogP contribution in [0.2, 0.25) is 0 Å². The van der Waals surface area contributed by atoms with E-state index in [4.69, 9.17) is 9.47 Å². The third kappa shape index (κ3) is 2.81. The van der Waals surface area contributed by atoms with E-state index in [9.17, 15) is 4.79 Å². The van der Waals surface area contributed by atoms with Crippen LogP contribution in [-0.4, -0.2) is 45.8 Å². The van der Waals surface area contributed by atoms with Crippen LogP contribution in [-0.2, 0) is 6.42 Å². The molecule has 1 aliphatic rings. The van der Waals surface area contributed by atoms with Crippen molar-refractivity contribution >= 4 is 6.03 Å². The lowest BCUT2D eigenvalue weighted by Gasteiger charge is -2.17. The van der Waals surface area contributed by atoms with Crippen LogP contribution >= 0.6 is 0 Å². The third-order valence-corrected chi connectivity index (χ3v) is 3.75. The maximum absolute atomic E-state index is 11.6. The first-order chi connectivity index (χ1) is 9.56. The summed E-state index contributed by atoms with van der Waals surface area (Å²) in [5.74, 6) is 1.86. The largest absolute Gasteiger partial charge is 0.493 e. The first-order valence-electron chi connectivity index (χ1n) is 6.76. The molecule has 20 heavy (non-hydrogen) atoms. The number of urea groups is 1. The Morgan fingerprint density at radius 2 is 1.95 bits per heavy atom. The molecule has 1 aromatic rings. The van der Waals surface area contributed by atoms with Crippen LogP contribution in [0.1, 0.15) is 23.5 Å². The number of methoxy groups -OCH3 is 2. The summed E-state index contributed by atoms with van der Waals surface area (Å²) in [4.78, 5) is 13.2. The number of carbonyl (C=O) groups is 1. The topological polar surface area (TPSA) is 50.8 Å². The summed E-state index contributed by atoms with van der Waals surface area (Å²) in [5, 5.41) is 2.95. The van der Waals surface area contributed by atoms with Crippen LogP contribution in [0.25, 0.3) is 0 Å². The van der Waals surface area contributed by atoms with E-state index >= 15 is 0 Å². The van der Waals surface area contributed by atoms with Gasteiger partial charge >= 0.3 is 6.03 Å². The van der Waals surface area contributed by atoms with Crippen molar-refractivity contribution < 1.29 is 14.3 Å². The van der Waals surface area contributed by atoms with E-state index in [1.54, 1.807) is 33.2 Å². The van der Waals surface area contributed by atoms with Crippen LogP contribution < -0.4 is 14.8 Å². The molecule has 0 bridgehead atoms. The monoisotopic (exact) mass is 278 g/mol. The van der Waals surface area contributed by atoms with Crippen LogP contribution in [0.5, 0.6) is 11.5 Å². The Labute approximate surface area is 119 Å². The zero-order valence-corrected chi connectivity index (χ0v) is 12.5. The lowest BCUT2D eigenvalue weighted by Crippen LogP contribution is -2.36. The molecule has 2 amide bonds. The average Bonchev–Trinajstić information content (AvgIpc) is 2.84. The van der Waals surface area contributed by atoms with Gasteiger partial charge in [-0.15, -0.1) is 0 Å². The van der Waals surface area contributed by atoms with Gasteiger partial charge in [0.05, 0.1) is 14.2 Å². The number of hydrogen-bond donors (Lipinski definition) is 1. The van der Waals surface area contributed by atoms with E-state index in [1.165, 1.54) is 11.1 Å². The molecule has 1 atom stereocenters. The molecule has 0 heterocycles. The maximum atomic E-state index is 11.6. The van der Waals surface area contributed by atoms with Crippen molar-refractivity contribution in [3.8, 4) is 11.5 Å². The molecule has 1 unspecified atom stereocenters. The molecule has 0 aromatic heterocycles. The maximum Gasteiger partial charge on any atom is 0.316 e. The highest BCUT2D eigenvalue weighted by Crippen LogP contribution is 2.40. The molecule has 0 spiro atoms. The fourth-order valence-electron chi connectivity index (χ4n) is 2.60. The number of nitrogens with one attached hydrogen (secondary N) is 1. The van der Waals surface area contributed by atoms with Crippen molar-refractivity contribution in [2.24, 2.45) is 0 Å². The molecule has 5 heteroatoms. The molecule has 0 saturated carbocycles. The Morgan fingerprint density at radius 1 is 1.30 bits per heavy atom. The predicted octanol–water partition coefficient (Wildman–Crippen LogP) is 2.00. The number of benzene rings is 1. The van der Waals surface area contributed by atoms with Gasteiger partial charge in [-0.1, -0.05) is 0 Å². The van der Waals surface area contributed by atoms with Crippen LogP contribution in [0.15, 0.2) is 12.1 Å². The Morgan fingerprint density at radius 3 is 2.55 bits per heavy atom. The minimum Gasteiger partial charge on any atom is -0.493 e. The lowest BCUT2D eigenvalue weighted by atomic mass is 10.0. The third-order valence-electron chi connectivity index (χ3n) is 3.75. The molecule has 1 N–H and O–H groups in total. The number of ether oxygens (including phenoxy) is 2. The highest BCUT2D eigenvalue weighted by atomic mass is 16.5. The Bertz CT molecular complexity index is 500. The molecule has 0 saturated heterocycles. The Kier molecular flexibility index (Phi) is 4.37. The summed E-state index contributed by atoms with van der Waals surface area (Å²) in [7, 11) is 6.77. The van der Waals surface area contributed by atoms with E-state index < -0.39 is 0 Å². The molecule has 0 radical (unpaired) electrons. The number of carbonyl (C=O) groups excluding carboxylic acids is 1. The van der Waals surface area contributed by atoms with Crippen molar-refractivity contribution in [3.63, 3.8) is 0 Å². The lowest BCUT2D eigenvalue weighted by molar-refractivity contribution is 0.216. The molecule has 110 valence electrons. The number of hydrogen-bond acceptors (Lipinski definition) is 3. The Hall–Kier alpha value is -1.91. The second-order valence-electron chi connectivity index (χ2n) is 5.22. The molecule has 1 aromatic carbocycles. The fourth-order valence-corrected chi connectivity index (χ4v) is 2.60. The first-order valence-corrected chi connectivity index (χ1v) is 6.76. The summed E-state index contributed by atoms with van der Waals surface area (Å²) < 4.78 is 10.7. The predicted molar refractivity (Wildman–Crippen MR) is 77.7 cm³/mol. The summed E-state index contributed by atoms with van der Waals surface area (Å²) in [6, 6.07) is 4.02.